The van der Waals surface area contributed by atoms with Crippen LogP contribution in [0, 0.1) is 0 Å². The molecule has 0 heterocycles. The number of aromatic carboxylic acids is 1. The van der Waals surface area contributed by atoms with Gasteiger partial charge in [0.15, 0.2) is 0 Å². The van der Waals surface area contributed by atoms with E-state index in [1.54, 1.807) is 30.3 Å². The highest BCUT2D eigenvalue weighted by Gasteiger charge is 2.17. The molecule has 5 heteroatoms. The van der Waals surface area contributed by atoms with Crippen molar-refractivity contribution in [1.82, 2.24) is 0 Å². The fourth-order valence-corrected chi connectivity index (χ4v) is 1.63. The zero-order chi connectivity index (χ0) is 12.4. The Kier molecular flexibility index (Phi) is 2.91. The first-order valence-corrected chi connectivity index (χ1v) is 4.79. The molecule has 0 bridgehead atoms. The summed E-state index contributed by atoms with van der Waals surface area (Å²) in [7, 11) is 0. The van der Waals surface area contributed by atoms with Crippen LogP contribution >= 0.6 is 0 Å². The minimum absolute atomic E-state index is 0.274. The number of hydrogen-bond donors (Lipinski definition) is 1. The minimum atomic E-state index is -3.06. The number of fused-ring (bicyclic) bond motifs is 1. The number of carboxylic acid groups (broad SMARTS) is 1. The molecule has 0 saturated carbocycles. The first kappa shape index (κ1) is 11.3. The molecule has 2 aromatic rings. The monoisotopic (exact) mass is 238 g/mol. The molecule has 2 aromatic carbocycles. The van der Waals surface area contributed by atoms with Crippen molar-refractivity contribution in [1.29, 1.82) is 0 Å². The van der Waals surface area contributed by atoms with Gasteiger partial charge in [-0.25, -0.2) is 4.79 Å². The lowest BCUT2D eigenvalue weighted by molar-refractivity contribution is -0.0492. The Labute approximate surface area is 95.2 Å². The zero-order valence-corrected chi connectivity index (χ0v) is 8.56. The van der Waals surface area contributed by atoms with Gasteiger partial charge in [-0.1, -0.05) is 30.3 Å². The second-order valence-corrected chi connectivity index (χ2v) is 3.35. The van der Waals surface area contributed by atoms with Crippen molar-refractivity contribution in [3.63, 3.8) is 0 Å². The highest BCUT2D eigenvalue weighted by molar-refractivity contribution is 6.00. The highest BCUT2D eigenvalue weighted by atomic mass is 19.3. The number of alkyl halides is 2. The summed E-state index contributed by atoms with van der Waals surface area (Å²) in [6, 6.07) is 9.40. The Bertz CT molecular complexity index is 567. The number of benzene rings is 2. The summed E-state index contributed by atoms with van der Waals surface area (Å²) in [5.41, 5.74) is -0.274. The van der Waals surface area contributed by atoms with Gasteiger partial charge in [0.2, 0.25) is 0 Å². The van der Waals surface area contributed by atoms with Crippen LogP contribution in [-0.4, -0.2) is 17.7 Å². The molecule has 3 nitrogen and oxygen atoms in total. The van der Waals surface area contributed by atoms with Crippen LogP contribution in [-0.2, 0) is 0 Å². The zero-order valence-electron chi connectivity index (χ0n) is 8.56. The summed E-state index contributed by atoms with van der Waals surface area (Å²) in [6.45, 7) is -3.06. The van der Waals surface area contributed by atoms with Gasteiger partial charge in [0.25, 0.3) is 0 Å². The summed E-state index contributed by atoms with van der Waals surface area (Å²) in [6.07, 6.45) is 0. The van der Waals surface area contributed by atoms with Crippen molar-refractivity contribution < 1.29 is 23.4 Å². The smallest absolute Gasteiger partial charge is 0.387 e. The van der Waals surface area contributed by atoms with Gasteiger partial charge >= 0.3 is 12.6 Å². The molecule has 88 valence electrons. The molecule has 0 fully saturated rings. The van der Waals surface area contributed by atoms with Gasteiger partial charge in [-0.2, -0.15) is 8.78 Å². The summed E-state index contributed by atoms with van der Waals surface area (Å²) >= 11 is 0. The first-order chi connectivity index (χ1) is 8.09. The molecule has 0 saturated heterocycles. The van der Waals surface area contributed by atoms with Crippen molar-refractivity contribution in [2.45, 2.75) is 6.61 Å². The molecule has 0 aromatic heterocycles. The third-order valence-corrected chi connectivity index (χ3v) is 2.32. The summed E-state index contributed by atoms with van der Waals surface area (Å²) < 4.78 is 28.9. The minimum Gasteiger partial charge on any atom is -0.478 e. The van der Waals surface area contributed by atoms with Crippen LogP contribution in [0.25, 0.3) is 10.8 Å². The van der Waals surface area contributed by atoms with E-state index in [1.807, 2.05) is 0 Å². The van der Waals surface area contributed by atoms with Crippen LogP contribution in [0.2, 0.25) is 0 Å². The molecule has 0 radical (unpaired) electrons. The number of hydrogen-bond acceptors (Lipinski definition) is 2. The van der Waals surface area contributed by atoms with Gasteiger partial charge in [0.05, 0.1) is 0 Å². The van der Waals surface area contributed by atoms with Gasteiger partial charge < -0.3 is 9.84 Å². The summed E-state index contributed by atoms with van der Waals surface area (Å²) in [4.78, 5) is 10.9. The first-order valence-electron chi connectivity index (χ1n) is 4.79. The largest absolute Gasteiger partial charge is 0.478 e. The molecule has 0 aliphatic carbocycles. The normalized spacial score (nSPS) is 10.8. The Hall–Kier alpha value is -2.17. The van der Waals surface area contributed by atoms with Crippen LogP contribution in [0.4, 0.5) is 8.78 Å². The summed E-state index contributed by atoms with van der Waals surface area (Å²) in [5, 5.41) is 9.91. The Morgan fingerprint density at radius 1 is 1.18 bits per heavy atom. The Morgan fingerprint density at radius 2 is 1.88 bits per heavy atom. The number of carbonyl (C=O) groups is 1. The molecule has 0 atom stereocenters. The van der Waals surface area contributed by atoms with Crippen LogP contribution in [0.15, 0.2) is 36.4 Å². The predicted octanol–water partition coefficient (Wildman–Crippen LogP) is 3.14. The maximum atomic E-state index is 12.3. The molecule has 17 heavy (non-hydrogen) atoms. The number of rotatable bonds is 3. The van der Waals surface area contributed by atoms with E-state index in [1.165, 1.54) is 6.07 Å². The SMILES string of the molecule is O=C(O)c1ccc2ccccc2c1OC(F)F. The molecule has 0 amide bonds. The lowest BCUT2D eigenvalue weighted by Gasteiger charge is -2.11. The van der Waals surface area contributed by atoms with E-state index in [2.05, 4.69) is 4.74 Å². The van der Waals surface area contributed by atoms with Gasteiger partial charge in [-0.15, -0.1) is 0 Å². The van der Waals surface area contributed by atoms with Crippen LogP contribution in [0.3, 0.4) is 0 Å². The second kappa shape index (κ2) is 4.37. The molecular weight excluding hydrogens is 230 g/mol. The van der Waals surface area contributed by atoms with E-state index < -0.39 is 12.6 Å². The standard InChI is InChI=1S/C12H8F2O3/c13-12(14)17-10-8-4-2-1-3-7(8)5-6-9(10)11(15)16/h1-6,12H,(H,15,16). The van der Waals surface area contributed by atoms with Crippen molar-refractivity contribution in [2.24, 2.45) is 0 Å². The second-order valence-electron chi connectivity index (χ2n) is 3.35. The average Bonchev–Trinajstić information content (AvgIpc) is 2.28. The fourth-order valence-electron chi connectivity index (χ4n) is 1.63. The topological polar surface area (TPSA) is 46.5 Å². The number of carboxylic acids is 1. The number of ether oxygens (including phenoxy) is 1. The Balaban J connectivity index is 2.70. The third-order valence-electron chi connectivity index (χ3n) is 2.32. The van der Waals surface area contributed by atoms with Crippen LogP contribution < -0.4 is 4.74 Å². The molecule has 2 rings (SSSR count). The molecule has 0 unspecified atom stereocenters. The van der Waals surface area contributed by atoms with Gasteiger partial charge in [-0.3, -0.25) is 0 Å². The molecule has 0 aliphatic heterocycles. The van der Waals surface area contributed by atoms with Crippen molar-refractivity contribution in [3.8, 4) is 5.75 Å². The number of halogens is 2. The van der Waals surface area contributed by atoms with Crippen LogP contribution in [0.5, 0.6) is 5.75 Å². The molecular formula is C12H8F2O3. The maximum absolute atomic E-state index is 12.3. The Morgan fingerprint density at radius 3 is 2.53 bits per heavy atom. The molecule has 1 N–H and O–H groups in total. The van der Waals surface area contributed by atoms with Crippen molar-refractivity contribution in [2.75, 3.05) is 0 Å². The lowest BCUT2D eigenvalue weighted by atomic mass is 10.1. The highest BCUT2D eigenvalue weighted by Crippen LogP contribution is 2.31. The third kappa shape index (κ3) is 2.18. The van der Waals surface area contributed by atoms with Crippen molar-refractivity contribution in [3.05, 3.63) is 42.0 Å². The van der Waals surface area contributed by atoms with E-state index in [0.717, 1.165) is 0 Å². The average molecular weight is 238 g/mol. The van der Waals surface area contributed by atoms with Gasteiger partial charge in [-0.05, 0) is 11.5 Å². The van der Waals surface area contributed by atoms with Gasteiger partial charge in [0.1, 0.15) is 11.3 Å². The van der Waals surface area contributed by atoms with Gasteiger partial charge in [0, 0.05) is 5.39 Å². The summed E-state index contributed by atoms with van der Waals surface area (Å²) in [5.74, 6) is -1.60. The fraction of sp³-hybridized carbons (Fsp3) is 0.0833. The lowest BCUT2D eigenvalue weighted by Crippen LogP contribution is -2.08. The quantitative estimate of drug-likeness (QED) is 0.893. The van der Waals surface area contributed by atoms with Crippen molar-refractivity contribution >= 4 is 16.7 Å². The predicted molar refractivity (Wildman–Crippen MR) is 57.5 cm³/mol. The van der Waals surface area contributed by atoms with E-state index >= 15 is 0 Å². The molecule has 0 spiro atoms. The maximum Gasteiger partial charge on any atom is 0.387 e. The van der Waals surface area contributed by atoms with E-state index in [-0.39, 0.29) is 11.3 Å². The molecule has 0 aliphatic rings. The van der Waals surface area contributed by atoms with E-state index in [0.29, 0.717) is 10.8 Å². The van der Waals surface area contributed by atoms with E-state index in [4.69, 9.17) is 5.11 Å². The van der Waals surface area contributed by atoms with E-state index in [9.17, 15) is 13.6 Å². The van der Waals surface area contributed by atoms with Crippen LogP contribution in [0.1, 0.15) is 10.4 Å².